The van der Waals surface area contributed by atoms with Crippen molar-refractivity contribution in [2.45, 2.75) is 32.2 Å². The van der Waals surface area contributed by atoms with Crippen molar-refractivity contribution >= 4 is 23.1 Å². The summed E-state index contributed by atoms with van der Waals surface area (Å²) in [5.41, 5.74) is 2.17. The summed E-state index contributed by atoms with van der Waals surface area (Å²) in [5.74, 6) is 3.38. The lowest BCUT2D eigenvalue weighted by Crippen LogP contribution is -2.43. The van der Waals surface area contributed by atoms with E-state index in [0.717, 1.165) is 80.1 Å². The fourth-order valence-corrected chi connectivity index (χ4v) is 5.15. The number of anilines is 2. The van der Waals surface area contributed by atoms with Gasteiger partial charge in [-0.3, -0.25) is 0 Å². The van der Waals surface area contributed by atoms with Gasteiger partial charge in [0.25, 0.3) is 0 Å². The smallest absolute Gasteiger partial charge is 0.137 e. The lowest BCUT2D eigenvalue weighted by molar-refractivity contribution is 0.237. The molecule has 0 bridgehead atoms. The molecule has 1 atom stereocenters. The lowest BCUT2D eigenvalue weighted by Gasteiger charge is -2.35. The summed E-state index contributed by atoms with van der Waals surface area (Å²) in [6, 6.07) is 15.7. The molecular weight excluding hydrogens is 472 g/mol. The number of halogens is 1. The standard InChI is InChI=1S/C28H35ClN6O/c1-21-31-20-26-27(33-23-7-5-9-25(19-23)36-24-8-4-6-22(29)18-24)10-15-35(28(26)32-21)14-3-2-13-34-16-11-30-12-17-34/h4-9,18-20,27,30,33H,2-3,10-17H2,1H3. The van der Waals surface area contributed by atoms with E-state index in [1.807, 2.05) is 55.6 Å². The maximum atomic E-state index is 6.10. The average molecular weight is 507 g/mol. The van der Waals surface area contributed by atoms with Crippen LogP contribution in [0.15, 0.2) is 54.7 Å². The first-order chi connectivity index (χ1) is 17.6. The summed E-state index contributed by atoms with van der Waals surface area (Å²) in [5, 5.41) is 7.78. The van der Waals surface area contributed by atoms with Crippen LogP contribution in [0.5, 0.6) is 11.5 Å². The van der Waals surface area contributed by atoms with E-state index in [2.05, 4.69) is 31.5 Å². The van der Waals surface area contributed by atoms with E-state index in [1.165, 1.54) is 19.4 Å². The van der Waals surface area contributed by atoms with Crippen molar-refractivity contribution < 1.29 is 4.74 Å². The van der Waals surface area contributed by atoms with Crippen LogP contribution < -0.4 is 20.3 Å². The highest BCUT2D eigenvalue weighted by molar-refractivity contribution is 6.30. The van der Waals surface area contributed by atoms with E-state index in [4.69, 9.17) is 21.3 Å². The van der Waals surface area contributed by atoms with Gasteiger partial charge in [0, 0.05) is 67.8 Å². The molecule has 2 aliphatic heterocycles. The Balaban J connectivity index is 1.22. The molecule has 36 heavy (non-hydrogen) atoms. The quantitative estimate of drug-likeness (QED) is 0.383. The van der Waals surface area contributed by atoms with Crippen LogP contribution >= 0.6 is 11.6 Å². The van der Waals surface area contributed by atoms with Crippen LogP contribution in [0.3, 0.4) is 0 Å². The maximum Gasteiger partial charge on any atom is 0.137 e. The number of benzene rings is 2. The summed E-state index contributed by atoms with van der Waals surface area (Å²) in [4.78, 5) is 14.4. The molecule has 1 unspecified atom stereocenters. The molecule has 0 spiro atoms. The summed E-state index contributed by atoms with van der Waals surface area (Å²) < 4.78 is 6.03. The molecule has 0 saturated carbocycles. The number of rotatable bonds is 9. The van der Waals surface area contributed by atoms with Gasteiger partial charge in [-0.15, -0.1) is 0 Å². The van der Waals surface area contributed by atoms with Crippen molar-refractivity contribution in [1.29, 1.82) is 0 Å². The van der Waals surface area contributed by atoms with Crippen molar-refractivity contribution in [3.8, 4) is 11.5 Å². The minimum atomic E-state index is 0.152. The van der Waals surface area contributed by atoms with Gasteiger partial charge >= 0.3 is 0 Å². The molecule has 0 amide bonds. The van der Waals surface area contributed by atoms with Gasteiger partial charge in [-0.2, -0.15) is 0 Å². The molecule has 2 N–H and O–H groups in total. The van der Waals surface area contributed by atoms with Crippen LogP contribution in [0, 0.1) is 6.92 Å². The van der Waals surface area contributed by atoms with E-state index in [0.29, 0.717) is 5.02 Å². The third-order valence-electron chi connectivity index (χ3n) is 6.85. The molecule has 1 fully saturated rings. The number of aromatic nitrogens is 2. The molecule has 1 aromatic heterocycles. The highest BCUT2D eigenvalue weighted by atomic mass is 35.5. The number of nitrogens with zero attached hydrogens (tertiary/aromatic N) is 4. The second-order valence-electron chi connectivity index (χ2n) is 9.55. The van der Waals surface area contributed by atoms with Crippen molar-refractivity contribution in [2.75, 3.05) is 56.0 Å². The molecule has 0 aliphatic carbocycles. The van der Waals surface area contributed by atoms with Crippen LogP contribution in [-0.2, 0) is 0 Å². The second kappa shape index (κ2) is 11.9. The first-order valence-corrected chi connectivity index (χ1v) is 13.3. The third kappa shape index (κ3) is 6.46. The molecule has 2 aliphatic rings. The number of hydrogen-bond donors (Lipinski definition) is 2. The van der Waals surface area contributed by atoms with Gasteiger partial charge in [-0.1, -0.05) is 23.7 Å². The van der Waals surface area contributed by atoms with E-state index in [9.17, 15) is 0 Å². The van der Waals surface area contributed by atoms with Gasteiger partial charge in [0.15, 0.2) is 0 Å². The van der Waals surface area contributed by atoms with Crippen LogP contribution in [0.2, 0.25) is 5.02 Å². The Hall–Kier alpha value is -2.87. The molecule has 0 radical (unpaired) electrons. The third-order valence-corrected chi connectivity index (χ3v) is 7.08. The Labute approximate surface area is 218 Å². The molecule has 5 rings (SSSR count). The van der Waals surface area contributed by atoms with Gasteiger partial charge in [0.05, 0.1) is 6.04 Å². The van der Waals surface area contributed by atoms with Crippen molar-refractivity contribution in [2.24, 2.45) is 0 Å². The Bertz CT molecular complexity index is 1150. The fraction of sp³-hybridized carbons (Fsp3) is 0.429. The van der Waals surface area contributed by atoms with Gasteiger partial charge in [0.2, 0.25) is 0 Å². The highest BCUT2D eigenvalue weighted by Crippen LogP contribution is 2.35. The van der Waals surface area contributed by atoms with E-state index >= 15 is 0 Å². The van der Waals surface area contributed by atoms with Crippen LogP contribution in [0.1, 0.15) is 36.7 Å². The molecular formula is C28H35ClN6O. The molecule has 8 heteroatoms. The number of aryl methyl sites for hydroxylation is 1. The molecule has 1 saturated heterocycles. The predicted molar refractivity (Wildman–Crippen MR) is 146 cm³/mol. The predicted octanol–water partition coefficient (Wildman–Crippen LogP) is 5.28. The molecule has 190 valence electrons. The molecule has 2 aromatic carbocycles. The Morgan fingerprint density at radius 3 is 2.64 bits per heavy atom. The Morgan fingerprint density at radius 1 is 1.03 bits per heavy atom. The van der Waals surface area contributed by atoms with E-state index in [1.54, 1.807) is 0 Å². The zero-order chi connectivity index (χ0) is 24.7. The second-order valence-corrected chi connectivity index (χ2v) is 9.99. The summed E-state index contributed by atoms with van der Waals surface area (Å²) in [6.45, 7) is 9.72. The minimum Gasteiger partial charge on any atom is -0.457 e. The van der Waals surface area contributed by atoms with Crippen molar-refractivity contribution in [1.82, 2.24) is 20.2 Å². The van der Waals surface area contributed by atoms with Gasteiger partial charge < -0.3 is 25.2 Å². The first-order valence-electron chi connectivity index (χ1n) is 13.0. The monoisotopic (exact) mass is 506 g/mol. The first kappa shape index (κ1) is 24.8. The number of ether oxygens (including phenoxy) is 1. The number of hydrogen-bond acceptors (Lipinski definition) is 7. The van der Waals surface area contributed by atoms with Crippen LogP contribution in [-0.4, -0.2) is 60.7 Å². The number of unbranched alkanes of at least 4 members (excludes halogenated alkanes) is 1. The Morgan fingerprint density at radius 2 is 1.81 bits per heavy atom. The summed E-state index contributed by atoms with van der Waals surface area (Å²) in [7, 11) is 0. The molecule has 3 heterocycles. The van der Waals surface area contributed by atoms with Crippen LogP contribution in [0.4, 0.5) is 11.5 Å². The summed E-state index contributed by atoms with van der Waals surface area (Å²) >= 11 is 6.10. The Kier molecular flexibility index (Phi) is 8.21. The largest absolute Gasteiger partial charge is 0.457 e. The summed E-state index contributed by atoms with van der Waals surface area (Å²) in [6.07, 6.45) is 5.38. The normalized spacial score (nSPS) is 18.1. The highest BCUT2D eigenvalue weighted by Gasteiger charge is 2.27. The van der Waals surface area contributed by atoms with Crippen molar-refractivity contribution in [3.63, 3.8) is 0 Å². The van der Waals surface area contributed by atoms with Gasteiger partial charge in [-0.25, -0.2) is 9.97 Å². The van der Waals surface area contributed by atoms with Crippen LogP contribution in [0.25, 0.3) is 0 Å². The number of fused-ring (bicyclic) bond motifs is 1. The minimum absolute atomic E-state index is 0.152. The van der Waals surface area contributed by atoms with E-state index in [-0.39, 0.29) is 6.04 Å². The van der Waals surface area contributed by atoms with Gasteiger partial charge in [-0.05, 0) is 63.1 Å². The topological polar surface area (TPSA) is 65.6 Å². The average Bonchev–Trinajstić information content (AvgIpc) is 2.88. The SMILES string of the molecule is Cc1ncc2c(n1)N(CCCCN1CCNCC1)CCC2Nc1cccc(Oc2cccc(Cl)c2)c1. The number of nitrogens with one attached hydrogen (secondary N) is 2. The maximum absolute atomic E-state index is 6.10. The lowest BCUT2D eigenvalue weighted by atomic mass is 10.00. The number of piperazine rings is 1. The molecule has 3 aromatic rings. The van der Waals surface area contributed by atoms with E-state index < -0.39 is 0 Å². The molecule has 7 nitrogen and oxygen atoms in total. The van der Waals surface area contributed by atoms with Crippen molar-refractivity contribution in [3.05, 3.63) is 71.1 Å². The fourth-order valence-electron chi connectivity index (χ4n) is 4.97. The zero-order valence-electron chi connectivity index (χ0n) is 20.9. The van der Waals surface area contributed by atoms with Gasteiger partial charge in [0.1, 0.15) is 23.1 Å². The zero-order valence-corrected chi connectivity index (χ0v) is 21.7.